The number of carboxylic acid groups (broad SMARTS) is 1. The Bertz CT molecular complexity index is 608. The van der Waals surface area contributed by atoms with E-state index in [0.29, 0.717) is 19.6 Å². The molecule has 178 valence electrons. The molecule has 0 fully saturated rings. The number of ether oxygens (including phenoxy) is 2. The zero-order valence-corrected chi connectivity index (χ0v) is 18.9. The molecule has 10 heteroatoms. The van der Waals surface area contributed by atoms with Crippen molar-refractivity contribution in [2.45, 2.75) is 58.9 Å². The van der Waals surface area contributed by atoms with Crippen LogP contribution in [0.25, 0.3) is 0 Å². The van der Waals surface area contributed by atoms with Gasteiger partial charge in [-0.05, 0) is 19.8 Å². The van der Waals surface area contributed by atoms with Crippen LogP contribution < -0.4 is 10.6 Å². The predicted octanol–water partition coefficient (Wildman–Crippen LogP) is 0.716. The summed E-state index contributed by atoms with van der Waals surface area (Å²) in [6, 6.07) is -0.852. The Kier molecular flexibility index (Phi) is 15.1. The molecule has 0 heterocycles. The fourth-order valence-electron chi connectivity index (χ4n) is 2.96. The van der Waals surface area contributed by atoms with Gasteiger partial charge in [0, 0.05) is 32.4 Å². The molecule has 0 radical (unpaired) electrons. The molecule has 0 aromatic rings. The van der Waals surface area contributed by atoms with Crippen LogP contribution in [0, 0.1) is 11.8 Å². The maximum atomic E-state index is 12.7. The van der Waals surface area contributed by atoms with E-state index in [0.717, 1.165) is 0 Å². The minimum Gasteiger partial charge on any atom is -0.481 e. The zero-order valence-electron chi connectivity index (χ0n) is 18.9. The largest absolute Gasteiger partial charge is 0.481 e. The van der Waals surface area contributed by atoms with E-state index < -0.39 is 47.9 Å². The van der Waals surface area contributed by atoms with E-state index in [1.165, 1.54) is 14.0 Å². The third-order valence-electron chi connectivity index (χ3n) is 4.73. The molecule has 0 saturated carbocycles. The third-order valence-corrected chi connectivity index (χ3v) is 4.73. The minimum absolute atomic E-state index is 0.0868. The number of hydrogen-bond donors (Lipinski definition) is 3. The summed E-state index contributed by atoms with van der Waals surface area (Å²) < 4.78 is 10.1. The van der Waals surface area contributed by atoms with Crippen LogP contribution in [0.5, 0.6) is 0 Å². The molecule has 0 aromatic heterocycles. The number of carboxylic acids is 1. The van der Waals surface area contributed by atoms with Gasteiger partial charge in [0.25, 0.3) is 0 Å². The Hall–Kier alpha value is -2.33. The molecule has 0 aliphatic carbocycles. The molecule has 2 amide bonds. The van der Waals surface area contributed by atoms with Crippen LogP contribution in [-0.4, -0.2) is 74.0 Å². The molecule has 3 N–H and O–H groups in total. The Morgan fingerprint density at radius 2 is 1.55 bits per heavy atom. The van der Waals surface area contributed by atoms with Crippen LogP contribution in [0.1, 0.15) is 52.9 Å². The van der Waals surface area contributed by atoms with Crippen molar-refractivity contribution in [2.24, 2.45) is 11.8 Å². The summed E-state index contributed by atoms with van der Waals surface area (Å²) >= 11 is 0. The average molecular weight is 445 g/mol. The van der Waals surface area contributed by atoms with Gasteiger partial charge in [0.15, 0.2) is 5.78 Å². The van der Waals surface area contributed by atoms with Crippen LogP contribution >= 0.6 is 0 Å². The van der Waals surface area contributed by atoms with Gasteiger partial charge in [-0.2, -0.15) is 0 Å². The molecule has 0 aliphatic heterocycles. The van der Waals surface area contributed by atoms with Crippen LogP contribution in [0.2, 0.25) is 0 Å². The van der Waals surface area contributed by atoms with Crippen LogP contribution in [0.15, 0.2) is 0 Å². The van der Waals surface area contributed by atoms with Crippen molar-refractivity contribution in [3.05, 3.63) is 0 Å². The van der Waals surface area contributed by atoms with E-state index in [1.807, 2.05) is 0 Å². The van der Waals surface area contributed by atoms with Crippen molar-refractivity contribution >= 4 is 29.4 Å². The number of Topliss-reactive ketones (excluding diaryl/α,β-unsaturated/α-hetero) is 2. The summed E-state index contributed by atoms with van der Waals surface area (Å²) in [6.45, 7) is 6.06. The number of carbonyl (C=O) groups excluding carboxylic acids is 4. The highest BCUT2D eigenvalue weighted by Crippen LogP contribution is 2.14. The van der Waals surface area contributed by atoms with Crippen molar-refractivity contribution in [1.82, 2.24) is 10.6 Å². The second-order valence-corrected chi connectivity index (χ2v) is 7.34. The topological polar surface area (TPSA) is 148 Å². The Balaban J connectivity index is 4.90. The molecule has 3 atom stereocenters. The lowest BCUT2D eigenvalue weighted by Gasteiger charge is -2.22. The first kappa shape index (κ1) is 28.7. The van der Waals surface area contributed by atoms with E-state index in [4.69, 9.17) is 14.6 Å². The molecule has 0 aliphatic rings. The lowest BCUT2D eigenvalue weighted by Crippen LogP contribution is -2.45. The van der Waals surface area contributed by atoms with Gasteiger partial charge in [0.05, 0.1) is 38.2 Å². The van der Waals surface area contributed by atoms with Crippen LogP contribution in [0.4, 0.5) is 0 Å². The second kappa shape index (κ2) is 16.4. The van der Waals surface area contributed by atoms with Gasteiger partial charge in [0.1, 0.15) is 5.78 Å². The molecule has 0 spiro atoms. The quantitative estimate of drug-likeness (QED) is 0.262. The number of methoxy groups -OCH3 is 1. The lowest BCUT2D eigenvalue weighted by molar-refractivity contribution is -0.142. The molecule has 0 aromatic carbocycles. The van der Waals surface area contributed by atoms with Crippen molar-refractivity contribution < 1.29 is 38.6 Å². The number of hydrogen-bond acceptors (Lipinski definition) is 7. The molecule has 0 saturated heterocycles. The van der Waals surface area contributed by atoms with Gasteiger partial charge in [-0.25, -0.2) is 0 Å². The SMILES string of the molecule is CC[C@H](CC(C)=O)C(=O)N[C@H](CC)C(=O)C[C@@H](CC(=O)O)C(=O)NCCOCCOC. The number of rotatable bonds is 18. The third kappa shape index (κ3) is 12.8. The predicted molar refractivity (Wildman–Crippen MR) is 112 cm³/mol. The van der Waals surface area contributed by atoms with Gasteiger partial charge in [-0.3, -0.25) is 19.2 Å². The number of carbonyl (C=O) groups is 5. The van der Waals surface area contributed by atoms with E-state index in [1.54, 1.807) is 13.8 Å². The number of aliphatic carboxylic acids is 1. The molecular formula is C21H36N2O8. The van der Waals surface area contributed by atoms with E-state index in [-0.39, 0.29) is 38.2 Å². The summed E-state index contributed by atoms with van der Waals surface area (Å²) in [7, 11) is 1.54. The highest BCUT2D eigenvalue weighted by molar-refractivity contribution is 5.94. The van der Waals surface area contributed by atoms with Gasteiger partial charge < -0.3 is 30.0 Å². The first-order chi connectivity index (χ1) is 14.7. The van der Waals surface area contributed by atoms with Crippen molar-refractivity contribution in [3.8, 4) is 0 Å². The molecule has 0 unspecified atom stereocenters. The molecular weight excluding hydrogens is 408 g/mol. The maximum absolute atomic E-state index is 12.7. The van der Waals surface area contributed by atoms with Crippen LogP contribution in [-0.2, 0) is 33.4 Å². The first-order valence-electron chi connectivity index (χ1n) is 10.5. The highest BCUT2D eigenvalue weighted by atomic mass is 16.5. The second-order valence-electron chi connectivity index (χ2n) is 7.34. The summed E-state index contributed by atoms with van der Waals surface area (Å²) in [5.41, 5.74) is 0. The van der Waals surface area contributed by atoms with Gasteiger partial charge >= 0.3 is 5.97 Å². The van der Waals surface area contributed by atoms with Crippen LogP contribution in [0.3, 0.4) is 0 Å². The summed E-state index contributed by atoms with van der Waals surface area (Å²) in [5.74, 6) is -4.30. The fourth-order valence-corrected chi connectivity index (χ4v) is 2.96. The first-order valence-corrected chi connectivity index (χ1v) is 10.5. The van der Waals surface area contributed by atoms with Gasteiger partial charge in [0.2, 0.25) is 11.8 Å². The summed E-state index contributed by atoms with van der Waals surface area (Å²) in [5, 5.41) is 14.3. The lowest BCUT2D eigenvalue weighted by atomic mass is 9.92. The molecule has 31 heavy (non-hydrogen) atoms. The monoisotopic (exact) mass is 444 g/mol. The minimum atomic E-state index is -1.20. The Morgan fingerprint density at radius 1 is 0.871 bits per heavy atom. The Morgan fingerprint density at radius 3 is 2.06 bits per heavy atom. The van der Waals surface area contributed by atoms with Crippen molar-refractivity contribution in [3.63, 3.8) is 0 Å². The maximum Gasteiger partial charge on any atom is 0.304 e. The van der Waals surface area contributed by atoms with E-state index >= 15 is 0 Å². The number of amides is 2. The average Bonchev–Trinajstić information content (AvgIpc) is 2.71. The van der Waals surface area contributed by atoms with Gasteiger partial charge in [-0.1, -0.05) is 13.8 Å². The number of nitrogens with one attached hydrogen (secondary N) is 2. The zero-order chi connectivity index (χ0) is 23.8. The normalized spacial score (nSPS) is 13.7. The standard InChI is InChI=1S/C21H36N2O8/c1-5-15(11-14(3)24)21(29)23-17(6-2)18(25)12-16(13-19(26)27)20(28)22-7-8-31-10-9-30-4/h15-17H,5-13H2,1-4H3,(H,22,28)(H,23,29)(H,26,27)/t15-,16+,17-/m1/s1. The smallest absolute Gasteiger partial charge is 0.304 e. The summed E-state index contributed by atoms with van der Waals surface area (Å²) in [4.78, 5) is 60.0. The van der Waals surface area contributed by atoms with Crippen molar-refractivity contribution in [2.75, 3.05) is 33.5 Å². The fraction of sp³-hybridized carbons (Fsp3) is 0.762. The Labute approximate surface area is 183 Å². The highest BCUT2D eigenvalue weighted by Gasteiger charge is 2.29. The van der Waals surface area contributed by atoms with Gasteiger partial charge in [-0.15, -0.1) is 0 Å². The summed E-state index contributed by atoms with van der Waals surface area (Å²) in [6.07, 6.45) is 0.00514. The number of ketones is 2. The van der Waals surface area contributed by atoms with E-state index in [9.17, 15) is 24.0 Å². The molecule has 0 bridgehead atoms. The van der Waals surface area contributed by atoms with Crippen molar-refractivity contribution in [1.29, 1.82) is 0 Å². The van der Waals surface area contributed by atoms with E-state index in [2.05, 4.69) is 10.6 Å². The molecule has 0 rings (SSSR count). The molecule has 10 nitrogen and oxygen atoms in total.